The fraction of sp³-hybridized carbons (Fsp3) is 0.318. The van der Waals surface area contributed by atoms with Gasteiger partial charge in [-0.3, -0.25) is 15.0 Å². The first kappa shape index (κ1) is 24.3. The van der Waals surface area contributed by atoms with E-state index >= 15 is 0 Å². The van der Waals surface area contributed by atoms with E-state index in [9.17, 15) is 14.7 Å². The van der Waals surface area contributed by atoms with Gasteiger partial charge in [0, 0.05) is 23.5 Å². The number of nitrogens with two attached hydrogens (primary N) is 1. The van der Waals surface area contributed by atoms with Crippen LogP contribution in [0.15, 0.2) is 48.5 Å². The molecule has 0 aliphatic carbocycles. The number of ether oxygens (including phenoxy) is 1. The average Bonchev–Trinajstić information content (AvgIpc) is 2.74. The van der Waals surface area contributed by atoms with Crippen LogP contribution in [0.4, 0.5) is 11.4 Å². The highest BCUT2D eigenvalue weighted by atomic mass is 35.5. The van der Waals surface area contributed by atoms with Crippen LogP contribution in [0.1, 0.15) is 30.9 Å². The van der Waals surface area contributed by atoms with E-state index in [4.69, 9.17) is 15.9 Å². The number of amidine groups is 1. The third kappa shape index (κ3) is 5.61. The van der Waals surface area contributed by atoms with Crippen molar-refractivity contribution in [3.8, 4) is 0 Å². The molecule has 2 aromatic rings. The van der Waals surface area contributed by atoms with E-state index in [1.54, 1.807) is 24.3 Å². The summed E-state index contributed by atoms with van der Waals surface area (Å²) in [7, 11) is 0. The Morgan fingerprint density at radius 3 is 2.35 bits per heavy atom. The zero-order valence-corrected chi connectivity index (χ0v) is 18.2. The van der Waals surface area contributed by atoms with Crippen molar-refractivity contribution in [1.29, 1.82) is 5.41 Å². The lowest BCUT2D eigenvalue weighted by Crippen LogP contribution is -2.55. The van der Waals surface area contributed by atoms with Crippen LogP contribution in [0, 0.1) is 5.41 Å². The van der Waals surface area contributed by atoms with Gasteiger partial charge in [0.2, 0.25) is 0 Å². The van der Waals surface area contributed by atoms with Crippen LogP contribution in [0.5, 0.6) is 0 Å². The number of carbonyl (C=O) groups is 2. The first-order valence-corrected chi connectivity index (χ1v) is 9.74. The van der Waals surface area contributed by atoms with Crippen LogP contribution in [0.25, 0.3) is 0 Å². The molecule has 8 nitrogen and oxygen atoms in total. The number of nitrogens with zero attached hydrogens (tertiary/aromatic N) is 1. The van der Waals surface area contributed by atoms with Gasteiger partial charge in [-0.15, -0.1) is 12.4 Å². The van der Waals surface area contributed by atoms with Gasteiger partial charge in [0.1, 0.15) is 5.84 Å². The largest absolute Gasteiger partial charge is 0.384 e. The van der Waals surface area contributed by atoms with Crippen LogP contribution < -0.4 is 16.0 Å². The third-order valence-corrected chi connectivity index (χ3v) is 5.01. The summed E-state index contributed by atoms with van der Waals surface area (Å²) in [5.41, 5.74) is 8.19. The second-order valence-corrected chi connectivity index (χ2v) is 7.45. The lowest BCUT2D eigenvalue weighted by Gasteiger charge is -2.34. The van der Waals surface area contributed by atoms with E-state index < -0.39 is 24.0 Å². The molecule has 1 aliphatic rings. The van der Waals surface area contributed by atoms with Gasteiger partial charge in [0.15, 0.2) is 12.2 Å². The average molecular weight is 447 g/mol. The molecular formula is C22H27ClN4O4. The Morgan fingerprint density at radius 1 is 1.19 bits per heavy atom. The Balaban J connectivity index is 0.00000341. The molecular weight excluding hydrogens is 420 g/mol. The number of anilines is 2. The summed E-state index contributed by atoms with van der Waals surface area (Å²) < 4.78 is 5.43. The zero-order valence-electron chi connectivity index (χ0n) is 17.4. The monoisotopic (exact) mass is 446 g/mol. The van der Waals surface area contributed by atoms with Crippen molar-refractivity contribution in [2.45, 2.75) is 32.0 Å². The number of aliphatic hydroxyl groups is 1. The molecule has 1 saturated heterocycles. The molecule has 31 heavy (non-hydrogen) atoms. The molecule has 0 spiro atoms. The molecule has 2 amide bonds. The van der Waals surface area contributed by atoms with Crippen molar-refractivity contribution in [3.05, 3.63) is 59.7 Å². The molecule has 0 radical (unpaired) electrons. The predicted octanol–water partition coefficient (Wildman–Crippen LogP) is 2.25. The summed E-state index contributed by atoms with van der Waals surface area (Å²) in [5.74, 6) is -0.924. The minimum Gasteiger partial charge on any atom is -0.384 e. The molecule has 2 atom stereocenters. The van der Waals surface area contributed by atoms with Crippen LogP contribution in [-0.4, -0.2) is 48.1 Å². The van der Waals surface area contributed by atoms with E-state index in [1.165, 1.54) is 4.90 Å². The molecule has 1 heterocycles. The van der Waals surface area contributed by atoms with Crippen molar-refractivity contribution in [3.63, 3.8) is 0 Å². The van der Waals surface area contributed by atoms with E-state index in [1.807, 2.05) is 24.3 Å². The molecule has 9 heteroatoms. The van der Waals surface area contributed by atoms with Crippen molar-refractivity contribution in [2.75, 3.05) is 23.4 Å². The Hall–Kier alpha value is -2.94. The molecule has 0 unspecified atom stereocenters. The van der Waals surface area contributed by atoms with Gasteiger partial charge in [-0.05, 0) is 47.9 Å². The number of carbonyl (C=O) groups excluding carboxylic acids is 2. The summed E-state index contributed by atoms with van der Waals surface area (Å²) in [5, 5.41) is 20.4. The summed E-state index contributed by atoms with van der Waals surface area (Å²) in [6.07, 6.45) is -2.96. The van der Waals surface area contributed by atoms with Gasteiger partial charge < -0.3 is 25.8 Å². The molecule has 2 aromatic carbocycles. The molecule has 5 N–H and O–H groups in total. The van der Waals surface area contributed by atoms with Crippen LogP contribution in [-0.2, 0) is 14.3 Å². The maximum Gasteiger partial charge on any atom is 0.259 e. The fourth-order valence-corrected chi connectivity index (χ4v) is 3.21. The Morgan fingerprint density at radius 2 is 1.81 bits per heavy atom. The number of aliphatic hydroxyl groups excluding tert-OH is 1. The molecule has 1 fully saturated rings. The number of morpholine rings is 1. The maximum atomic E-state index is 12.9. The van der Waals surface area contributed by atoms with Crippen molar-refractivity contribution in [2.24, 2.45) is 5.73 Å². The standard InChI is InChI=1S/C22H26N4O4.ClH/c1-13(2)14-5-9-17(10-6-14)26-11-12-30-19(22(26)29)18(27)21(28)25-16-7-3-15(4-8-16)20(23)24;/h3-10,13,18-19,27H,11-12H2,1-2H3,(H3,23,24)(H,25,28);1H/t18-,19-;/m1./s1. The summed E-state index contributed by atoms with van der Waals surface area (Å²) in [6.45, 7) is 4.73. The Kier molecular flexibility index (Phi) is 8.15. The van der Waals surface area contributed by atoms with E-state index in [0.717, 1.165) is 5.56 Å². The molecule has 3 rings (SSSR count). The first-order chi connectivity index (χ1) is 14.3. The first-order valence-electron chi connectivity index (χ1n) is 9.74. The Labute approximate surface area is 187 Å². The topological polar surface area (TPSA) is 129 Å². The van der Waals surface area contributed by atoms with Gasteiger partial charge in [-0.1, -0.05) is 26.0 Å². The number of hydrogen-bond donors (Lipinski definition) is 4. The number of rotatable bonds is 6. The number of hydrogen-bond acceptors (Lipinski definition) is 5. The Bertz CT molecular complexity index is 932. The number of nitrogen functional groups attached to an aromatic ring is 1. The molecule has 0 bridgehead atoms. The van der Waals surface area contributed by atoms with Crippen molar-refractivity contribution in [1.82, 2.24) is 0 Å². The van der Waals surface area contributed by atoms with E-state index in [2.05, 4.69) is 19.2 Å². The van der Waals surface area contributed by atoms with Crippen molar-refractivity contribution >= 4 is 41.4 Å². The normalized spacial score (nSPS) is 17.1. The second kappa shape index (κ2) is 10.4. The highest BCUT2D eigenvalue weighted by Gasteiger charge is 2.39. The van der Waals surface area contributed by atoms with Gasteiger partial charge >= 0.3 is 0 Å². The fourth-order valence-electron chi connectivity index (χ4n) is 3.21. The number of amides is 2. The lowest BCUT2D eigenvalue weighted by atomic mass is 10.0. The maximum absolute atomic E-state index is 12.9. The minimum atomic E-state index is -1.66. The second-order valence-electron chi connectivity index (χ2n) is 7.45. The van der Waals surface area contributed by atoms with Crippen LogP contribution in [0.2, 0.25) is 0 Å². The summed E-state index contributed by atoms with van der Waals surface area (Å²) >= 11 is 0. The minimum absolute atomic E-state index is 0. The number of benzene rings is 2. The molecule has 0 aromatic heterocycles. The zero-order chi connectivity index (χ0) is 21.8. The summed E-state index contributed by atoms with van der Waals surface area (Å²) in [6, 6.07) is 13.9. The third-order valence-electron chi connectivity index (χ3n) is 5.01. The predicted molar refractivity (Wildman–Crippen MR) is 122 cm³/mol. The van der Waals surface area contributed by atoms with Gasteiger partial charge in [-0.2, -0.15) is 0 Å². The smallest absolute Gasteiger partial charge is 0.259 e. The SMILES string of the molecule is CC(C)c1ccc(N2CCO[C@H]([C@@H](O)C(=O)Nc3ccc(C(=N)N)cc3)C2=O)cc1.Cl. The number of halogens is 1. The summed E-state index contributed by atoms with van der Waals surface area (Å²) in [4.78, 5) is 26.9. The van der Waals surface area contributed by atoms with Gasteiger partial charge in [-0.25, -0.2) is 0 Å². The quantitative estimate of drug-likeness (QED) is 0.399. The highest BCUT2D eigenvalue weighted by Crippen LogP contribution is 2.24. The highest BCUT2D eigenvalue weighted by molar-refractivity contribution is 6.04. The van der Waals surface area contributed by atoms with Crippen LogP contribution >= 0.6 is 12.4 Å². The molecule has 0 saturated carbocycles. The number of nitrogens with one attached hydrogen (secondary N) is 2. The molecule has 166 valence electrons. The van der Waals surface area contributed by atoms with Gasteiger partial charge in [0.05, 0.1) is 6.61 Å². The van der Waals surface area contributed by atoms with Crippen LogP contribution in [0.3, 0.4) is 0 Å². The molecule has 1 aliphatic heterocycles. The van der Waals surface area contributed by atoms with E-state index in [0.29, 0.717) is 29.4 Å². The van der Waals surface area contributed by atoms with Gasteiger partial charge in [0.25, 0.3) is 11.8 Å². The lowest BCUT2D eigenvalue weighted by molar-refractivity contribution is -0.150. The van der Waals surface area contributed by atoms with E-state index in [-0.39, 0.29) is 24.8 Å². The van der Waals surface area contributed by atoms with Crippen molar-refractivity contribution < 1.29 is 19.4 Å².